The van der Waals surface area contributed by atoms with Crippen LogP contribution in [0.25, 0.3) is 0 Å². The Labute approximate surface area is 126 Å². The Morgan fingerprint density at radius 2 is 2.00 bits per heavy atom. The van der Waals surface area contributed by atoms with Gasteiger partial charge in [-0.15, -0.1) is 12.4 Å². The fraction of sp³-hybridized carbons (Fsp3) is 0.571. The smallest absolute Gasteiger partial charge is 0.137 e. The maximum absolute atomic E-state index is 6.04. The molecule has 1 aromatic carbocycles. The number of likely N-dealkylation sites (tertiary alicyclic amines) is 1. The zero-order valence-corrected chi connectivity index (χ0v) is 12.8. The standard InChI is InChI=1S/C14H21ClN2O.ClH/c1-16-12-6-8-17(9-7-12)10-11-18-14-5-3-2-4-13(14)15;/h2-5,12,16H,6-11H2,1H3;1H. The van der Waals surface area contributed by atoms with Gasteiger partial charge in [-0.3, -0.25) is 4.90 Å². The number of ether oxygens (including phenoxy) is 1. The average Bonchev–Trinajstić information content (AvgIpc) is 2.42. The molecule has 1 fully saturated rings. The van der Waals surface area contributed by atoms with Gasteiger partial charge in [0.05, 0.1) is 5.02 Å². The van der Waals surface area contributed by atoms with Gasteiger partial charge in [0, 0.05) is 12.6 Å². The van der Waals surface area contributed by atoms with Crippen molar-refractivity contribution >= 4 is 24.0 Å². The fourth-order valence-corrected chi connectivity index (χ4v) is 2.48. The number of nitrogens with zero attached hydrogens (tertiary/aromatic N) is 1. The minimum Gasteiger partial charge on any atom is -0.491 e. The molecule has 1 heterocycles. The highest BCUT2D eigenvalue weighted by Crippen LogP contribution is 2.23. The monoisotopic (exact) mass is 304 g/mol. The Balaban J connectivity index is 0.00000180. The van der Waals surface area contributed by atoms with Crippen LogP contribution in [0.4, 0.5) is 0 Å². The van der Waals surface area contributed by atoms with Crippen LogP contribution in [0.5, 0.6) is 5.75 Å². The zero-order chi connectivity index (χ0) is 12.8. The van der Waals surface area contributed by atoms with Crippen molar-refractivity contribution in [3.05, 3.63) is 29.3 Å². The molecule has 0 radical (unpaired) electrons. The molecule has 0 aliphatic carbocycles. The fourth-order valence-electron chi connectivity index (χ4n) is 2.29. The molecule has 2 rings (SSSR count). The largest absolute Gasteiger partial charge is 0.491 e. The van der Waals surface area contributed by atoms with Gasteiger partial charge in [-0.2, -0.15) is 0 Å². The van der Waals surface area contributed by atoms with Gasteiger partial charge in [-0.05, 0) is 45.1 Å². The number of piperidine rings is 1. The van der Waals surface area contributed by atoms with Crippen LogP contribution in [0, 0.1) is 0 Å². The molecule has 1 aromatic rings. The van der Waals surface area contributed by atoms with E-state index in [0.29, 0.717) is 17.7 Å². The van der Waals surface area contributed by atoms with Crippen molar-refractivity contribution in [3.8, 4) is 5.75 Å². The lowest BCUT2D eigenvalue weighted by Gasteiger charge is -2.31. The van der Waals surface area contributed by atoms with Crippen LogP contribution in [-0.2, 0) is 0 Å². The first-order valence-corrected chi connectivity index (χ1v) is 6.94. The number of nitrogens with one attached hydrogen (secondary N) is 1. The van der Waals surface area contributed by atoms with E-state index in [1.807, 2.05) is 31.3 Å². The van der Waals surface area contributed by atoms with E-state index in [1.165, 1.54) is 12.8 Å². The summed E-state index contributed by atoms with van der Waals surface area (Å²) in [5.41, 5.74) is 0. The van der Waals surface area contributed by atoms with E-state index >= 15 is 0 Å². The molecular formula is C14H22Cl2N2O. The van der Waals surface area contributed by atoms with Gasteiger partial charge in [-0.1, -0.05) is 23.7 Å². The quantitative estimate of drug-likeness (QED) is 0.905. The van der Waals surface area contributed by atoms with Crippen molar-refractivity contribution in [2.45, 2.75) is 18.9 Å². The zero-order valence-electron chi connectivity index (χ0n) is 11.3. The highest BCUT2D eigenvalue weighted by molar-refractivity contribution is 6.32. The summed E-state index contributed by atoms with van der Waals surface area (Å²) < 4.78 is 5.70. The number of benzene rings is 1. The Morgan fingerprint density at radius 3 is 2.63 bits per heavy atom. The lowest BCUT2D eigenvalue weighted by atomic mass is 10.1. The van der Waals surface area contributed by atoms with Gasteiger partial charge < -0.3 is 10.1 Å². The molecule has 0 amide bonds. The van der Waals surface area contributed by atoms with Crippen LogP contribution in [0.1, 0.15) is 12.8 Å². The molecule has 1 N–H and O–H groups in total. The third-order valence-corrected chi connectivity index (χ3v) is 3.81. The number of hydrogen-bond acceptors (Lipinski definition) is 3. The molecule has 0 spiro atoms. The molecule has 3 nitrogen and oxygen atoms in total. The molecule has 0 bridgehead atoms. The van der Waals surface area contributed by atoms with E-state index in [2.05, 4.69) is 10.2 Å². The van der Waals surface area contributed by atoms with Gasteiger partial charge in [0.1, 0.15) is 12.4 Å². The van der Waals surface area contributed by atoms with Crippen molar-refractivity contribution in [1.82, 2.24) is 10.2 Å². The number of hydrogen-bond donors (Lipinski definition) is 1. The highest BCUT2D eigenvalue weighted by atomic mass is 35.5. The molecule has 1 aliphatic rings. The molecule has 0 unspecified atom stereocenters. The summed E-state index contributed by atoms with van der Waals surface area (Å²) in [5.74, 6) is 0.782. The van der Waals surface area contributed by atoms with E-state index in [0.717, 1.165) is 25.4 Å². The second-order valence-electron chi connectivity index (χ2n) is 4.68. The van der Waals surface area contributed by atoms with Crippen LogP contribution in [-0.4, -0.2) is 44.2 Å². The molecule has 1 aliphatic heterocycles. The summed E-state index contributed by atoms with van der Waals surface area (Å²) in [6.45, 7) is 3.98. The van der Waals surface area contributed by atoms with Crippen LogP contribution in [0.3, 0.4) is 0 Å². The van der Waals surface area contributed by atoms with Crippen molar-refractivity contribution in [2.24, 2.45) is 0 Å². The lowest BCUT2D eigenvalue weighted by Crippen LogP contribution is -2.42. The highest BCUT2D eigenvalue weighted by Gasteiger charge is 2.17. The third kappa shape index (κ3) is 5.19. The second-order valence-corrected chi connectivity index (χ2v) is 5.09. The summed E-state index contributed by atoms with van der Waals surface area (Å²) in [7, 11) is 2.04. The third-order valence-electron chi connectivity index (χ3n) is 3.50. The van der Waals surface area contributed by atoms with Crippen molar-refractivity contribution < 1.29 is 4.74 Å². The molecule has 1 saturated heterocycles. The first-order chi connectivity index (χ1) is 8.79. The molecule has 0 saturated carbocycles. The predicted molar refractivity (Wildman–Crippen MR) is 82.7 cm³/mol. The number of rotatable bonds is 5. The van der Waals surface area contributed by atoms with Crippen molar-refractivity contribution in [1.29, 1.82) is 0 Å². The van der Waals surface area contributed by atoms with E-state index in [4.69, 9.17) is 16.3 Å². The summed E-state index contributed by atoms with van der Waals surface area (Å²) in [4.78, 5) is 2.45. The number of para-hydroxylation sites is 1. The second kappa shape index (κ2) is 8.64. The van der Waals surface area contributed by atoms with Gasteiger partial charge in [0.2, 0.25) is 0 Å². The van der Waals surface area contributed by atoms with Crippen molar-refractivity contribution in [3.63, 3.8) is 0 Å². The molecular weight excluding hydrogens is 283 g/mol. The first-order valence-electron chi connectivity index (χ1n) is 6.56. The molecule has 108 valence electrons. The Morgan fingerprint density at radius 1 is 1.32 bits per heavy atom. The Kier molecular flexibility index (Phi) is 7.54. The lowest BCUT2D eigenvalue weighted by molar-refractivity contribution is 0.167. The minimum absolute atomic E-state index is 0. The van der Waals surface area contributed by atoms with Gasteiger partial charge in [0.25, 0.3) is 0 Å². The van der Waals surface area contributed by atoms with Crippen LogP contribution < -0.4 is 10.1 Å². The van der Waals surface area contributed by atoms with Crippen LogP contribution >= 0.6 is 24.0 Å². The molecule has 5 heteroatoms. The summed E-state index contributed by atoms with van der Waals surface area (Å²) in [6.07, 6.45) is 2.45. The summed E-state index contributed by atoms with van der Waals surface area (Å²) in [5, 5.41) is 4.02. The van der Waals surface area contributed by atoms with E-state index < -0.39 is 0 Å². The average molecular weight is 305 g/mol. The Hall–Kier alpha value is -0.480. The van der Waals surface area contributed by atoms with E-state index in [1.54, 1.807) is 0 Å². The van der Waals surface area contributed by atoms with Gasteiger partial charge in [-0.25, -0.2) is 0 Å². The van der Waals surface area contributed by atoms with E-state index in [-0.39, 0.29) is 12.4 Å². The van der Waals surface area contributed by atoms with Crippen LogP contribution in [0.15, 0.2) is 24.3 Å². The number of halogens is 2. The molecule has 19 heavy (non-hydrogen) atoms. The minimum atomic E-state index is 0. The maximum Gasteiger partial charge on any atom is 0.137 e. The predicted octanol–water partition coefficient (Wildman–Crippen LogP) is 2.82. The summed E-state index contributed by atoms with van der Waals surface area (Å²) >= 11 is 6.04. The Bertz CT molecular complexity index is 368. The SMILES string of the molecule is CNC1CCN(CCOc2ccccc2Cl)CC1.Cl. The van der Waals surface area contributed by atoms with E-state index in [9.17, 15) is 0 Å². The molecule has 0 atom stereocenters. The topological polar surface area (TPSA) is 24.5 Å². The summed E-state index contributed by atoms with van der Waals surface area (Å²) in [6, 6.07) is 8.31. The maximum atomic E-state index is 6.04. The van der Waals surface area contributed by atoms with Gasteiger partial charge >= 0.3 is 0 Å². The first kappa shape index (κ1) is 16.6. The van der Waals surface area contributed by atoms with Gasteiger partial charge in [0.15, 0.2) is 0 Å². The normalized spacial score (nSPS) is 16.9. The van der Waals surface area contributed by atoms with Crippen molar-refractivity contribution in [2.75, 3.05) is 33.3 Å². The van der Waals surface area contributed by atoms with Crippen LogP contribution in [0.2, 0.25) is 5.02 Å². The molecule has 0 aromatic heterocycles.